The van der Waals surface area contributed by atoms with Crippen molar-refractivity contribution in [2.45, 2.75) is 20.3 Å². The van der Waals surface area contributed by atoms with Gasteiger partial charge in [-0.05, 0) is 49.3 Å². The van der Waals surface area contributed by atoms with E-state index in [1.54, 1.807) is 24.3 Å². The van der Waals surface area contributed by atoms with Crippen molar-refractivity contribution in [1.29, 1.82) is 0 Å². The molecule has 0 fully saturated rings. The molecule has 1 aromatic heterocycles. The third kappa shape index (κ3) is 4.59. The summed E-state index contributed by atoms with van der Waals surface area (Å²) in [5, 5.41) is 7.03. The molecule has 0 saturated heterocycles. The zero-order valence-electron chi connectivity index (χ0n) is 15.0. The Morgan fingerprint density at radius 2 is 1.81 bits per heavy atom. The monoisotopic (exact) mass is 392 g/mol. The summed E-state index contributed by atoms with van der Waals surface area (Å²) >= 11 is 6.80. The van der Waals surface area contributed by atoms with Crippen LogP contribution < -0.4 is 10.6 Å². The Bertz CT molecular complexity index is 846. The van der Waals surface area contributed by atoms with Crippen LogP contribution in [0.3, 0.4) is 0 Å². The van der Waals surface area contributed by atoms with E-state index >= 15 is 0 Å². The van der Waals surface area contributed by atoms with E-state index in [0.717, 1.165) is 16.9 Å². The Morgan fingerprint density at radius 1 is 1.12 bits per heavy atom. The van der Waals surface area contributed by atoms with Crippen LogP contribution in [0.1, 0.15) is 38.1 Å². The van der Waals surface area contributed by atoms with Gasteiger partial charge in [-0.15, -0.1) is 11.3 Å². The van der Waals surface area contributed by atoms with E-state index in [9.17, 15) is 9.59 Å². The molecule has 2 aromatic rings. The topological polar surface area (TPSA) is 76.7 Å². The summed E-state index contributed by atoms with van der Waals surface area (Å²) in [6, 6.07) is 6.95. The van der Waals surface area contributed by atoms with Gasteiger partial charge in [-0.1, -0.05) is 13.0 Å². The highest BCUT2D eigenvalue weighted by Crippen LogP contribution is 2.29. The Kier molecular flexibility index (Phi) is 6.70. The van der Waals surface area contributed by atoms with Crippen molar-refractivity contribution < 1.29 is 19.1 Å². The maximum Gasteiger partial charge on any atom is 0.340 e. The first-order valence-electron chi connectivity index (χ1n) is 7.87. The molecule has 8 heteroatoms. The van der Waals surface area contributed by atoms with Crippen molar-refractivity contribution in [3.63, 3.8) is 0 Å². The summed E-state index contributed by atoms with van der Waals surface area (Å²) in [7, 11) is 2.67. The fraction of sp³-hybridized carbons (Fsp3) is 0.278. The molecule has 0 aliphatic heterocycles. The number of hydrogen-bond acceptors (Lipinski definition) is 6. The van der Waals surface area contributed by atoms with Crippen LogP contribution in [0, 0.1) is 6.92 Å². The maximum absolute atomic E-state index is 11.9. The van der Waals surface area contributed by atoms with Gasteiger partial charge in [0.05, 0.1) is 25.3 Å². The number of hydrogen-bond donors (Lipinski definition) is 2. The molecule has 26 heavy (non-hydrogen) atoms. The summed E-state index contributed by atoms with van der Waals surface area (Å²) in [6.07, 6.45) is 0.802. The van der Waals surface area contributed by atoms with Crippen LogP contribution in [0.25, 0.3) is 0 Å². The molecule has 1 aromatic carbocycles. The van der Waals surface area contributed by atoms with Gasteiger partial charge in [0.2, 0.25) is 0 Å². The van der Waals surface area contributed by atoms with Crippen molar-refractivity contribution in [3.8, 4) is 0 Å². The molecule has 6 nitrogen and oxygen atoms in total. The first-order chi connectivity index (χ1) is 12.4. The lowest BCUT2D eigenvalue weighted by atomic mass is 10.1. The largest absolute Gasteiger partial charge is 0.465 e. The molecule has 0 saturated carbocycles. The van der Waals surface area contributed by atoms with Gasteiger partial charge >= 0.3 is 11.9 Å². The van der Waals surface area contributed by atoms with Crippen LogP contribution in [0.2, 0.25) is 0 Å². The van der Waals surface area contributed by atoms with Crippen molar-refractivity contribution >= 4 is 51.3 Å². The minimum atomic E-state index is -0.425. The van der Waals surface area contributed by atoms with E-state index in [-0.39, 0.29) is 0 Å². The minimum Gasteiger partial charge on any atom is -0.465 e. The van der Waals surface area contributed by atoms with E-state index in [0.29, 0.717) is 26.9 Å². The average Bonchev–Trinajstić information content (AvgIpc) is 3.04. The number of ether oxygens (including phenoxy) is 2. The molecule has 0 radical (unpaired) electrons. The zero-order chi connectivity index (χ0) is 19.3. The van der Waals surface area contributed by atoms with Gasteiger partial charge in [-0.25, -0.2) is 9.59 Å². The van der Waals surface area contributed by atoms with Gasteiger partial charge in [-0.3, -0.25) is 0 Å². The third-order valence-corrected chi connectivity index (χ3v) is 5.07. The van der Waals surface area contributed by atoms with Gasteiger partial charge in [0.25, 0.3) is 0 Å². The normalized spacial score (nSPS) is 10.2. The van der Waals surface area contributed by atoms with E-state index < -0.39 is 11.9 Å². The second-order valence-electron chi connectivity index (χ2n) is 5.40. The number of methoxy groups -OCH3 is 2. The van der Waals surface area contributed by atoms with Crippen LogP contribution in [0.4, 0.5) is 10.7 Å². The highest BCUT2D eigenvalue weighted by atomic mass is 32.1. The first-order valence-corrected chi connectivity index (χ1v) is 9.10. The van der Waals surface area contributed by atoms with Gasteiger partial charge in [0.1, 0.15) is 5.00 Å². The van der Waals surface area contributed by atoms with Crippen LogP contribution in [-0.2, 0) is 15.9 Å². The van der Waals surface area contributed by atoms with Gasteiger partial charge in [-0.2, -0.15) is 0 Å². The molecule has 0 amide bonds. The number of rotatable bonds is 5. The second kappa shape index (κ2) is 8.77. The number of thiophene rings is 1. The summed E-state index contributed by atoms with van der Waals surface area (Å²) in [5.41, 5.74) is 2.45. The van der Waals surface area contributed by atoms with E-state index in [2.05, 4.69) is 10.6 Å². The van der Waals surface area contributed by atoms with Crippen LogP contribution >= 0.6 is 23.6 Å². The quantitative estimate of drug-likeness (QED) is 0.588. The highest BCUT2D eigenvalue weighted by Gasteiger charge is 2.17. The first kappa shape index (κ1) is 19.9. The predicted octanol–water partition coefficient (Wildman–Crippen LogP) is 4.00. The smallest absolute Gasteiger partial charge is 0.340 e. The van der Waals surface area contributed by atoms with E-state index in [1.807, 2.05) is 13.8 Å². The lowest BCUT2D eigenvalue weighted by Gasteiger charge is -2.13. The number of aryl methyl sites for hydroxylation is 2. The molecular weight excluding hydrogens is 372 g/mol. The third-order valence-electron chi connectivity index (χ3n) is 3.67. The van der Waals surface area contributed by atoms with Crippen molar-refractivity contribution in [2.24, 2.45) is 0 Å². The number of nitrogens with one attached hydrogen (secondary N) is 2. The Morgan fingerprint density at radius 3 is 2.42 bits per heavy atom. The standard InChI is InChI=1S/C18H20N2O4S2/c1-5-12-9-13(17(22)24-4)15(26-12)20-18(25)19-14-8-11(16(21)23-3)7-6-10(14)2/h6-9H,5H2,1-4H3,(H2,19,20,25). The molecule has 0 aliphatic carbocycles. The summed E-state index contributed by atoms with van der Waals surface area (Å²) < 4.78 is 9.56. The maximum atomic E-state index is 11.9. The van der Waals surface area contributed by atoms with Crippen molar-refractivity contribution in [3.05, 3.63) is 45.8 Å². The molecular formula is C18H20N2O4S2. The molecule has 2 N–H and O–H groups in total. The number of carbonyl (C=O) groups is 2. The number of esters is 2. The Hall–Kier alpha value is -2.45. The Balaban J connectivity index is 2.20. The zero-order valence-corrected chi connectivity index (χ0v) is 16.6. The van der Waals surface area contributed by atoms with Crippen molar-refractivity contribution in [2.75, 3.05) is 24.9 Å². The van der Waals surface area contributed by atoms with E-state index in [1.165, 1.54) is 25.6 Å². The summed E-state index contributed by atoms with van der Waals surface area (Å²) in [6.45, 7) is 3.90. The SMILES string of the molecule is CCc1cc(C(=O)OC)c(NC(=S)Nc2cc(C(=O)OC)ccc2C)s1. The van der Waals surface area contributed by atoms with Crippen LogP contribution in [0.5, 0.6) is 0 Å². The molecule has 2 rings (SSSR count). The molecule has 138 valence electrons. The van der Waals surface area contributed by atoms with Gasteiger partial charge in [0, 0.05) is 10.6 Å². The predicted molar refractivity (Wildman–Crippen MR) is 107 cm³/mol. The fourth-order valence-corrected chi connectivity index (χ4v) is 3.49. The number of carbonyl (C=O) groups excluding carboxylic acids is 2. The van der Waals surface area contributed by atoms with Gasteiger partial charge < -0.3 is 20.1 Å². The Labute approximate surface area is 161 Å². The molecule has 0 atom stereocenters. The lowest BCUT2D eigenvalue weighted by molar-refractivity contribution is 0.0592. The molecule has 0 unspecified atom stereocenters. The number of anilines is 2. The summed E-state index contributed by atoms with van der Waals surface area (Å²) in [5.74, 6) is -0.846. The van der Waals surface area contributed by atoms with Crippen LogP contribution in [-0.4, -0.2) is 31.3 Å². The summed E-state index contributed by atoms with van der Waals surface area (Å²) in [4.78, 5) is 24.7. The number of benzene rings is 1. The highest BCUT2D eigenvalue weighted by molar-refractivity contribution is 7.80. The molecule has 0 aliphatic rings. The van der Waals surface area contributed by atoms with Gasteiger partial charge in [0.15, 0.2) is 5.11 Å². The molecule has 0 spiro atoms. The lowest BCUT2D eigenvalue weighted by Crippen LogP contribution is -2.20. The fourth-order valence-electron chi connectivity index (χ4n) is 2.23. The minimum absolute atomic E-state index is 0.310. The molecule has 0 bridgehead atoms. The number of thiocarbonyl (C=S) groups is 1. The average molecular weight is 393 g/mol. The second-order valence-corrected chi connectivity index (χ2v) is 6.95. The molecule has 1 heterocycles. The van der Waals surface area contributed by atoms with E-state index in [4.69, 9.17) is 21.7 Å². The van der Waals surface area contributed by atoms with Crippen molar-refractivity contribution in [1.82, 2.24) is 0 Å². The van der Waals surface area contributed by atoms with Crippen LogP contribution in [0.15, 0.2) is 24.3 Å².